The second-order valence-corrected chi connectivity index (χ2v) is 10.7. The topological polar surface area (TPSA) is 9.72 Å². The van der Waals surface area contributed by atoms with Crippen LogP contribution in [0.2, 0.25) is 0 Å². The van der Waals surface area contributed by atoms with Gasteiger partial charge in [-0.15, -0.1) is 0 Å². The quantitative estimate of drug-likeness (QED) is 0.491. The van der Waals surface area contributed by atoms with Gasteiger partial charge in [-0.05, 0) is 95.5 Å². The van der Waals surface area contributed by atoms with E-state index < -0.39 is 0 Å². The molecule has 3 atom stereocenters. The Hall–Kier alpha value is -0.120. The second kappa shape index (κ2) is 14.9. The summed E-state index contributed by atoms with van der Waals surface area (Å²) in [6, 6.07) is 2.64. The summed E-state index contributed by atoms with van der Waals surface area (Å²) in [5.74, 6) is 2.55. The zero-order valence-corrected chi connectivity index (χ0v) is 22.3. The van der Waals surface area contributed by atoms with Crippen molar-refractivity contribution in [3.05, 3.63) is 0 Å². The number of likely N-dealkylation sites (tertiary alicyclic amines) is 3. The molecule has 3 heterocycles. The Morgan fingerprint density at radius 2 is 0.733 bits per heavy atom. The largest absolute Gasteiger partial charge is 0.300 e. The molecule has 0 aromatic rings. The fraction of sp³-hybridized carbons (Fsp3) is 1.00. The van der Waals surface area contributed by atoms with E-state index >= 15 is 0 Å². The highest BCUT2D eigenvalue weighted by atomic mass is 15.2. The van der Waals surface area contributed by atoms with Gasteiger partial charge in [0.2, 0.25) is 0 Å². The third-order valence-corrected chi connectivity index (χ3v) is 7.77. The minimum atomic E-state index is 0.849. The molecule has 0 amide bonds. The van der Waals surface area contributed by atoms with E-state index in [1.54, 1.807) is 0 Å². The van der Waals surface area contributed by atoms with Crippen LogP contribution in [-0.2, 0) is 0 Å². The zero-order valence-electron chi connectivity index (χ0n) is 22.3. The van der Waals surface area contributed by atoms with Crippen molar-refractivity contribution in [3.8, 4) is 0 Å². The molecule has 180 valence electrons. The van der Waals surface area contributed by atoms with Crippen molar-refractivity contribution in [2.24, 2.45) is 17.8 Å². The molecule has 0 aromatic heterocycles. The normalized spacial score (nSPS) is 28.2. The first kappa shape index (κ1) is 27.9. The van der Waals surface area contributed by atoms with E-state index in [2.05, 4.69) is 77.0 Å². The van der Waals surface area contributed by atoms with E-state index in [1.807, 2.05) is 0 Å². The highest BCUT2D eigenvalue weighted by molar-refractivity contribution is 4.81. The van der Waals surface area contributed by atoms with Crippen molar-refractivity contribution in [1.82, 2.24) is 14.7 Å². The van der Waals surface area contributed by atoms with Crippen LogP contribution in [0.15, 0.2) is 0 Å². The van der Waals surface area contributed by atoms with Crippen molar-refractivity contribution in [2.45, 2.75) is 119 Å². The average Bonchev–Trinajstić information content (AvgIpc) is 3.48. The first-order valence-electron chi connectivity index (χ1n) is 13.5. The molecule has 0 aromatic carbocycles. The molecule has 0 spiro atoms. The Bertz CT molecular complexity index is 359. The molecule has 3 nitrogen and oxygen atoms in total. The smallest absolute Gasteiger partial charge is 0.0119 e. The van der Waals surface area contributed by atoms with Gasteiger partial charge in [0.1, 0.15) is 0 Å². The first-order valence-corrected chi connectivity index (χ1v) is 13.5. The van der Waals surface area contributed by atoms with Crippen molar-refractivity contribution >= 4 is 0 Å². The molecular weight excluding hydrogens is 366 g/mol. The van der Waals surface area contributed by atoms with E-state index in [9.17, 15) is 0 Å². The number of hydrogen-bond donors (Lipinski definition) is 0. The zero-order chi connectivity index (χ0) is 22.7. The van der Waals surface area contributed by atoms with E-state index in [-0.39, 0.29) is 0 Å². The molecule has 0 radical (unpaired) electrons. The van der Waals surface area contributed by atoms with E-state index in [1.165, 1.54) is 77.8 Å². The van der Waals surface area contributed by atoms with Gasteiger partial charge in [0, 0.05) is 18.1 Å². The Morgan fingerprint density at radius 3 is 0.867 bits per heavy atom. The van der Waals surface area contributed by atoms with Gasteiger partial charge in [-0.2, -0.15) is 0 Å². The SMILES string of the molecule is CCN1CCCC1C(C)C.CCN1CCC[C@@H]1C(C)C.CCN1CCC[C@H]1C(C)C. The highest BCUT2D eigenvalue weighted by Crippen LogP contribution is 2.24. The Labute approximate surface area is 191 Å². The summed E-state index contributed by atoms with van der Waals surface area (Å²) in [5, 5.41) is 0. The average molecular weight is 424 g/mol. The molecule has 0 aliphatic carbocycles. The lowest BCUT2D eigenvalue weighted by Gasteiger charge is -2.25. The molecule has 3 aliphatic rings. The molecule has 1 unspecified atom stereocenters. The van der Waals surface area contributed by atoms with Crippen LogP contribution in [0.5, 0.6) is 0 Å². The van der Waals surface area contributed by atoms with Crippen LogP contribution in [-0.4, -0.2) is 72.1 Å². The van der Waals surface area contributed by atoms with Gasteiger partial charge in [-0.25, -0.2) is 0 Å². The second-order valence-electron chi connectivity index (χ2n) is 10.7. The van der Waals surface area contributed by atoms with E-state index in [4.69, 9.17) is 0 Å². The predicted molar refractivity (Wildman–Crippen MR) is 135 cm³/mol. The summed E-state index contributed by atoms with van der Waals surface area (Å²) in [6.07, 6.45) is 8.51. The monoisotopic (exact) mass is 423 g/mol. The number of nitrogens with zero attached hydrogens (tertiary/aromatic N) is 3. The van der Waals surface area contributed by atoms with Gasteiger partial charge in [-0.1, -0.05) is 62.3 Å². The first-order chi connectivity index (χ1) is 14.3. The molecule has 3 rings (SSSR count). The lowest BCUT2D eigenvalue weighted by molar-refractivity contribution is 0.217. The molecule has 0 bridgehead atoms. The number of hydrogen-bond acceptors (Lipinski definition) is 3. The van der Waals surface area contributed by atoms with Crippen LogP contribution in [0.25, 0.3) is 0 Å². The predicted octanol–water partition coefficient (Wildman–Crippen LogP) is 6.38. The standard InChI is InChI=1S/3C9H19N/c3*1-4-10-7-5-6-9(10)8(2)3/h3*8-9H,4-7H2,1-3H3/t2*9-;/m10./s1. The molecule has 3 heteroatoms. The minimum Gasteiger partial charge on any atom is -0.300 e. The van der Waals surface area contributed by atoms with Gasteiger partial charge in [0.05, 0.1) is 0 Å². The molecule has 0 saturated carbocycles. The third kappa shape index (κ3) is 8.79. The summed E-state index contributed by atoms with van der Waals surface area (Å²) in [7, 11) is 0. The van der Waals surface area contributed by atoms with Crippen LogP contribution in [0, 0.1) is 17.8 Å². The third-order valence-electron chi connectivity index (χ3n) is 7.77. The van der Waals surface area contributed by atoms with Gasteiger partial charge in [0.25, 0.3) is 0 Å². The van der Waals surface area contributed by atoms with Gasteiger partial charge in [-0.3, -0.25) is 0 Å². The maximum absolute atomic E-state index is 2.60. The highest BCUT2D eigenvalue weighted by Gasteiger charge is 2.26. The molecular formula is C27H57N3. The summed E-state index contributed by atoms with van der Waals surface area (Å²) in [6.45, 7) is 28.5. The fourth-order valence-corrected chi connectivity index (χ4v) is 6.00. The van der Waals surface area contributed by atoms with Crippen molar-refractivity contribution in [2.75, 3.05) is 39.3 Å². The van der Waals surface area contributed by atoms with Crippen LogP contribution in [0.3, 0.4) is 0 Å². The van der Waals surface area contributed by atoms with Gasteiger partial charge < -0.3 is 14.7 Å². The Morgan fingerprint density at radius 1 is 0.500 bits per heavy atom. The molecule has 3 saturated heterocycles. The Kier molecular flexibility index (Phi) is 13.8. The maximum atomic E-state index is 2.60. The van der Waals surface area contributed by atoms with Gasteiger partial charge in [0.15, 0.2) is 0 Å². The summed E-state index contributed by atoms with van der Waals surface area (Å²) >= 11 is 0. The van der Waals surface area contributed by atoms with Gasteiger partial charge >= 0.3 is 0 Å². The van der Waals surface area contributed by atoms with Crippen molar-refractivity contribution < 1.29 is 0 Å². The lowest BCUT2D eigenvalue weighted by atomic mass is 10.0. The maximum Gasteiger partial charge on any atom is 0.0119 e. The number of rotatable bonds is 6. The van der Waals surface area contributed by atoms with E-state index in [0.29, 0.717) is 0 Å². The van der Waals surface area contributed by atoms with Crippen LogP contribution < -0.4 is 0 Å². The molecule has 3 fully saturated rings. The minimum absolute atomic E-state index is 0.849. The molecule has 30 heavy (non-hydrogen) atoms. The summed E-state index contributed by atoms with van der Waals surface area (Å²) in [5.41, 5.74) is 0. The fourth-order valence-electron chi connectivity index (χ4n) is 6.00. The summed E-state index contributed by atoms with van der Waals surface area (Å²) in [4.78, 5) is 7.81. The van der Waals surface area contributed by atoms with Crippen molar-refractivity contribution in [1.29, 1.82) is 0 Å². The summed E-state index contributed by atoms with van der Waals surface area (Å²) < 4.78 is 0. The van der Waals surface area contributed by atoms with Crippen LogP contribution in [0.1, 0.15) is 101 Å². The molecule has 3 aliphatic heterocycles. The molecule has 0 N–H and O–H groups in total. The Balaban J connectivity index is 0.000000225. The lowest BCUT2D eigenvalue weighted by Crippen LogP contribution is -2.32. The van der Waals surface area contributed by atoms with Crippen LogP contribution in [0.4, 0.5) is 0 Å². The van der Waals surface area contributed by atoms with E-state index in [0.717, 1.165) is 35.9 Å². The van der Waals surface area contributed by atoms with Crippen molar-refractivity contribution in [3.63, 3.8) is 0 Å². The van der Waals surface area contributed by atoms with Crippen LogP contribution >= 0.6 is 0 Å².